The zero-order valence-corrected chi connectivity index (χ0v) is 30.2. The number of Topliss-reactive ketones (excluding diaryl/α,β-unsaturated/α-hetero) is 1. The van der Waals surface area contributed by atoms with Gasteiger partial charge >= 0.3 is 0 Å². The average Bonchev–Trinajstić information content (AvgIpc) is 3.21. The van der Waals surface area contributed by atoms with Crippen LogP contribution in [0, 0.1) is 35.1 Å². The van der Waals surface area contributed by atoms with Crippen LogP contribution < -0.4 is 0 Å². The van der Waals surface area contributed by atoms with Gasteiger partial charge in [0.2, 0.25) is 0 Å². The van der Waals surface area contributed by atoms with E-state index in [1.54, 1.807) is 84.9 Å². The van der Waals surface area contributed by atoms with E-state index in [9.17, 15) is 0 Å². The summed E-state index contributed by atoms with van der Waals surface area (Å²) in [7, 11) is 0. The normalized spacial score (nSPS) is 26.3. The van der Waals surface area contributed by atoms with E-state index in [0.717, 1.165) is 38.5 Å². The van der Waals surface area contributed by atoms with Crippen molar-refractivity contribution in [1.29, 1.82) is 0 Å². The minimum absolute atomic E-state index is 0.253. The fraction of sp³-hybridized carbons (Fsp3) is 0.298. The van der Waals surface area contributed by atoms with Gasteiger partial charge < -0.3 is 0 Å². The second-order valence-corrected chi connectivity index (χ2v) is 14.9. The summed E-state index contributed by atoms with van der Waals surface area (Å²) < 4.78 is 63.7. The highest BCUT2D eigenvalue weighted by atomic mass is 19.1. The van der Waals surface area contributed by atoms with Gasteiger partial charge in [-0.05, 0) is 87.3 Å². The third kappa shape index (κ3) is 6.41. The SMILES string of the molecule is O=C(C1C=CC(c2ccccc2F)(N2CCCCC2)C=C1c1ccccc1F)C1C=CC(c2ccccc2F)(N2CCCCC2)C=C1c1ccccc1F. The molecule has 0 saturated carbocycles. The zero-order chi connectivity index (χ0) is 37.3. The summed E-state index contributed by atoms with van der Waals surface area (Å²) in [6.45, 7) is 2.83. The predicted octanol–water partition coefficient (Wildman–Crippen LogP) is 10.4. The molecule has 4 unspecified atom stereocenters. The first-order chi connectivity index (χ1) is 26.3. The molecule has 7 heteroatoms. The molecule has 3 nitrogen and oxygen atoms in total. The Morgan fingerprint density at radius 3 is 1.20 bits per heavy atom. The maximum absolute atomic E-state index is 16.0. The summed E-state index contributed by atoms with van der Waals surface area (Å²) in [4.78, 5) is 19.8. The Bertz CT molecular complexity index is 2010. The van der Waals surface area contributed by atoms with Crippen LogP contribution in [0.4, 0.5) is 17.6 Å². The van der Waals surface area contributed by atoms with Crippen LogP contribution >= 0.6 is 0 Å². The summed E-state index contributed by atoms with van der Waals surface area (Å²) in [5.41, 5.74) is 0.0936. The van der Waals surface area contributed by atoms with Crippen molar-refractivity contribution in [2.24, 2.45) is 11.8 Å². The van der Waals surface area contributed by atoms with E-state index in [4.69, 9.17) is 0 Å². The highest BCUT2D eigenvalue weighted by molar-refractivity contribution is 6.05. The van der Waals surface area contributed by atoms with Gasteiger partial charge in [-0.3, -0.25) is 14.6 Å². The fourth-order valence-electron chi connectivity index (χ4n) is 9.18. The second kappa shape index (κ2) is 15.1. The average molecular weight is 729 g/mol. The van der Waals surface area contributed by atoms with E-state index < -0.39 is 34.5 Å². The van der Waals surface area contributed by atoms with Gasteiger partial charge in [0.05, 0.1) is 22.9 Å². The lowest BCUT2D eigenvalue weighted by Crippen LogP contribution is -2.49. The van der Waals surface area contributed by atoms with Gasteiger partial charge in [0.1, 0.15) is 23.3 Å². The first-order valence-corrected chi connectivity index (χ1v) is 19.2. The molecule has 2 saturated heterocycles. The predicted molar refractivity (Wildman–Crippen MR) is 206 cm³/mol. The summed E-state index contributed by atoms with van der Waals surface area (Å²) in [6, 6.07) is 26.0. The monoisotopic (exact) mass is 728 g/mol. The van der Waals surface area contributed by atoms with Crippen LogP contribution in [0.2, 0.25) is 0 Å². The molecule has 4 atom stereocenters. The van der Waals surface area contributed by atoms with Crippen molar-refractivity contribution in [2.45, 2.75) is 49.6 Å². The van der Waals surface area contributed by atoms with Gasteiger partial charge in [0.25, 0.3) is 0 Å². The lowest BCUT2D eigenvalue weighted by Gasteiger charge is -2.46. The molecule has 4 aliphatic rings. The molecular formula is C47H44F4N2O. The van der Waals surface area contributed by atoms with Crippen LogP contribution in [0.5, 0.6) is 0 Å². The standard InChI is InChI=1S/C47H44F4N2O/c48-41-19-7-3-15-33(41)37-31-46(52-27-11-1-12-28-52,39-17-5-9-21-43(39)50)25-23-35(37)45(54)36-24-26-47(53-29-13-2-14-30-53,40-18-6-10-22-44(40)51)32-38(36)34-16-4-8-20-42(34)49/h3-10,15-26,31-32,35-36H,1-2,11-14,27-30H2. The van der Waals surface area contributed by atoms with Crippen LogP contribution in [0.25, 0.3) is 11.1 Å². The van der Waals surface area contributed by atoms with Crippen molar-refractivity contribution in [3.63, 3.8) is 0 Å². The number of carbonyl (C=O) groups is 1. The molecule has 0 radical (unpaired) electrons. The van der Waals surface area contributed by atoms with Gasteiger partial charge in [-0.1, -0.05) is 122 Å². The van der Waals surface area contributed by atoms with Gasteiger partial charge in [0, 0.05) is 22.3 Å². The number of rotatable bonds is 8. The van der Waals surface area contributed by atoms with E-state index in [1.165, 1.54) is 24.3 Å². The van der Waals surface area contributed by atoms with Gasteiger partial charge in [-0.2, -0.15) is 0 Å². The van der Waals surface area contributed by atoms with Gasteiger partial charge in [-0.25, -0.2) is 17.6 Å². The number of benzene rings is 4. The minimum Gasteiger partial charge on any atom is -0.298 e. The van der Waals surface area contributed by atoms with Crippen LogP contribution in [0.15, 0.2) is 134 Å². The molecule has 0 bridgehead atoms. The highest BCUT2D eigenvalue weighted by Gasteiger charge is 2.46. The Labute approximate surface area is 315 Å². The largest absolute Gasteiger partial charge is 0.298 e. The molecule has 0 amide bonds. The molecule has 276 valence electrons. The number of ketones is 1. The summed E-state index contributed by atoms with van der Waals surface area (Å²) in [5.74, 6) is -3.95. The molecule has 2 aliphatic carbocycles. The summed E-state index contributed by atoms with van der Waals surface area (Å²) >= 11 is 0. The third-order valence-corrected chi connectivity index (χ3v) is 11.9. The Balaban J connectivity index is 1.30. The van der Waals surface area contributed by atoms with Crippen LogP contribution in [-0.2, 0) is 15.9 Å². The molecule has 8 rings (SSSR count). The van der Waals surface area contributed by atoms with Crippen LogP contribution in [0.1, 0.15) is 60.8 Å². The Morgan fingerprint density at radius 1 is 0.481 bits per heavy atom. The molecule has 2 fully saturated rings. The van der Waals surface area contributed by atoms with Crippen molar-refractivity contribution in [3.8, 4) is 0 Å². The molecular weight excluding hydrogens is 685 g/mol. The number of allylic oxidation sites excluding steroid dienone is 4. The second-order valence-electron chi connectivity index (χ2n) is 14.9. The molecule has 0 N–H and O–H groups in total. The van der Waals surface area contributed by atoms with Crippen molar-refractivity contribution in [1.82, 2.24) is 9.80 Å². The Morgan fingerprint density at radius 2 is 0.833 bits per heavy atom. The molecule has 4 aromatic carbocycles. The summed E-state index contributed by atoms with van der Waals surface area (Å²) in [6.07, 6.45) is 17.0. The number of halogens is 4. The van der Waals surface area contributed by atoms with E-state index >= 15 is 22.4 Å². The number of carbonyl (C=O) groups excluding carboxylic acids is 1. The number of piperidine rings is 2. The number of likely N-dealkylation sites (tertiary alicyclic amines) is 2. The maximum atomic E-state index is 16.0. The maximum Gasteiger partial charge on any atom is 0.155 e. The molecule has 0 aromatic heterocycles. The van der Waals surface area contributed by atoms with E-state index in [-0.39, 0.29) is 28.5 Å². The highest BCUT2D eigenvalue weighted by Crippen LogP contribution is 2.49. The first-order valence-electron chi connectivity index (χ1n) is 19.2. The van der Waals surface area contributed by atoms with Crippen molar-refractivity contribution in [3.05, 3.63) is 179 Å². The first kappa shape index (κ1) is 36.1. The molecule has 2 aliphatic heterocycles. The lowest BCUT2D eigenvalue weighted by atomic mass is 9.69. The molecule has 0 spiro atoms. The van der Waals surface area contributed by atoms with Crippen molar-refractivity contribution in [2.75, 3.05) is 26.2 Å². The quantitative estimate of drug-likeness (QED) is 0.133. The van der Waals surface area contributed by atoms with Crippen molar-refractivity contribution >= 4 is 16.9 Å². The van der Waals surface area contributed by atoms with Gasteiger partial charge in [-0.15, -0.1) is 0 Å². The molecule has 2 heterocycles. The van der Waals surface area contributed by atoms with E-state index in [0.29, 0.717) is 48.5 Å². The molecule has 54 heavy (non-hydrogen) atoms. The van der Waals surface area contributed by atoms with E-state index in [1.807, 2.05) is 24.3 Å². The Hall–Kier alpha value is -4.85. The van der Waals surface area contributed by atoms with Crippen LogP contribution in [-0.4, -0.2) is 41.8 Å². The molecule has 4 aromatic rings. The zero-order valence-electron chi connectivity index (χ0n) is 30.2. The van der Waals surface area contributed by atoms with Crippen molar-refractivity contribution < 1.29 is 22.4 Å². The van der Waals surface area contributed by atoms with Gasteiger partial charge in [0.15, 0.2) is 5.78 Å². The Kier molecular flexibility index (Phi) is 10.1. The minimum atomic E-state index is -1.07. The number of nitrogens with zero attached hydrogens (tertiary/aromatic N) is 2. The lowest BCUT2D eigenvalue weighted by molar-refractivity contribution is -0.121. The number of hydrogen-bond acceptors (Lipinski definition) is 3. The number of hydrogen-bond donors (Lipinski definition) is 0. The smallest absolute Gasteiger partial charge is 0.155 e. The fourth-order valence-corrected chi connectivity index (χ4v) is 9.18. The van der Waals surface area contributed by atoms with E-state index in [2.05, 4.69) is 9.80 Å². The summed E-state index contributed by atoms with van der Waals surface area (Å²) in [5, 5.41) is 0. The third-order valence-electron chi connectivity index (χ3n) is 11.9. The topological polar surface area (TPSA) is 23.6 Å². The van der Waals surface area contributed by atoms with Crippen LogP contribution in [0.3, 0.4) is 0 Å².